The average molecular weight is 303 g/mol. The normalized spacial score (nSPS) is 23.9. The van der Waals surface area contributed by atoms with Crippen molar-refractivity contribution in [3.63, 3.8) is 0 Å². The van der Waals surface area contributed by atoms with Crippen LogP contribution in [0.25, 0.3) is 0 Å². The Bertz CT molecular complexity index is 297. The van der Waals surface area contributed by atoms with E-state index in [1.165, 1.54) is 44.9 Å². The molecule has 0 saturated heterocycles. The van der Waals surface area contributed by atoms with E-state index in [-0.39, 0.29) is 29.8 Å². The summed E-state index contributed by atoms with van der Waals surface area (Å²) >= 11 is 0. The fourth-order valence-electron chi connectivity index (χ4n) is 4.02. The Morgan fingerprint density at radius 3 is 2.30 bits per heavy atom. The molecule has 4 heteroatoms. The molecular formula is C16H31ClN2O. The van der Waals surface area contributed by atoms with Gasteiger partial charge < -0.3 is 11.1 Å². The fourth-order valence-corrected chi connectivity index (χ4v) is 4.02. The van der Waals surface area contributed by atoms with Gasteiger partial charge in [-0.05, 0) is 38.0 Å². The Kier molecular flexibility index (Phi) is 7.32. The Labute approximate surface area is 129 Å². The predicted molar refractivity (Wildman–Crippen MR) is 86.0 cm³/mol. The van der Waals surface area contributed by atoms with Crippen molar-refractivity contribution in [2.24, 2.45) is 17.1 Å². The number of carbonyl (C=O) groups excluding carboxylic acids is 1. The number of amides is 1. The summed E-state index contributed by atoms with van der Waals surface area (Å²) in [6.07, 6.45) is 11.9. The van der Waals surface area contributed by atoms with Crippen molar-refractivity contribution in [1.29, 1.82) is 0 Å². The molecule has 2 fully saturated rings. The van der Waals surface area contributed by atoms with Crippen molar-refractivity contribution in [1.82, 2.24) is 5.32 Å². The van der Waals surface area contributed by atoms with Crippen LogP contribution in [0.15, 0.2) is 0 Å². The van der Waals surface area contributed by atoms with Crippen molar-refractivity contribution < 1.29 is 4.79 Å². The number of hydrogen-bond donors (Lipinski definition) is 2. The molecule has 2 rings (SSSR count). The van der Waals surface area contributed by atoms with E-state index < -0.39 is 0 Å². The maximum Gasteiger partial charge on any atom is 0.226 e. The number of rotatable bonds is 5. The molecule has 0 aromatic rings. The average Bonchev–Trinajstić information content (AvgIpc) is 2.95. The molecule has 0 radical (unpaired) electrons. The van der Waals surface area contributed by atoms with Crippen LogP contribution in [-0.2, 0) is 4.79 Å². The molecule has 0 aliphatic heterocycles. The van der Waals surface area contributed by atoms with Crippen LogP contribution in [0.2, 0.25) is 0 Å². The largest absolute Gasteiger partial charge is 0.351 e. The molecule has 20 heavy (non-hydrogen) atoms. The molecule has 0 bridgehead atoms. The second kappa shape index (κ2) is 8.23. The van der Waals surface area contributed by atoms with Crippen LogP contribution < -0.4 is 11.1 Å². The third-order valence-electron chi connectivity index (χ3n) is 5.51. The lowest BCUT2D eigenvalue weighted by atomic mass is 9.80. The third-order valence-corrected chi connectivity index (χ3v) is 5.51. The summed E-state index contributed by atoms with van der Waals surface area (Å²) in [6, 6.07) is 0.205. The SMILES string of the molecule is CCC1(C(=O)NC(CN)C2CCCCC2)CCCC1.Cl. The van der Waals surface area contributed by atoms with E-state index in [1.807, 2.05) is 0 Å². The monoisotopic (exact) mass is 302 g/mol. The number of halogens is 1. The Hall–Kier alpha value is -0.280. The lowest BCUT2D eigenvalue weighted by molar-refractivity contribution is -0.132. The molecule has 2 saturated carbocycles. The van der Waals surface area contributed by atoms with Gasteiger partial charge >= 0.3 is 0 Å². The first kappa shape index (κ1) is 17.8. The lowest BCUT2D eigenvalue weighted by Gasteiger charge is -2.34. The first-order valence-corrected chi connectivity index (χ1v) is 8.23. The highest BCUT2D eigenvalue weighted by molar-refractivity contribution is 5.85. The maximum atomic E-state index is 12.6. The van der Waals surface area contributed by atoms with Crippen molar-refractivity contribution in [2.75, 3.05) is 6.54 Å². The van der Waals surface area contributed by atoms with Crippen LogP contribution in [0.4, 0.5) is 0 Å². The summed E-state index contributed by atoms with van der Waals surface area (Å²) in [4.78, 5) is 12.6. The van der Waals surface area contributed by atoms with Crippen LogP contribution in [0, 0.1) is 11.3 Å². The van der Waals surface area contributed by atoms with Crippen LogP contribution >= 0.6 is 12.4 Å². The summed E-state index contributed by atoms with van der Waals surface area (Å²) in [5.74, 6) is 0.895. The van der Waals surface area contributed by atoms with Crippen LogP contribution in [0.3, 0.4) is 0 Å². The highest BCUT2D eigenvalue weighted by atomic mass is 35.5. The van der Waals surface area contributed by atoms with Crippen LogP contribution in [0.5, 0.6) is 0 Å². The number of nitrogens with one attached hydrogen (secondary N) is 1. The number of nitrogens with two attached hydrogens (primary N) is 1. The maximum absolute atomic E-state index is 12.6. The van der Waals surface area contributed by atoms with E-state index in [2.05, 4.69) is 12.2 Å². The topological polar surface area (TPSA) is 55.1 Å². The van der Waals surface area contributed by atoms with Gasteiger partial charge in [-0.1, -0.05) is 39.0 Å². The van der Waals surface area contributed by atoms with Gasteiger partial charge in [0.25, 0.3) is 0 Å². The van der Waals surface area contributed by atoms with E-state index in [9.17, 15) is 4.79 Å². The summed E-state index contributed by atoms with van der Waals surface area (Å²) in [5, 5.41) is 3.31. The Balaban J connectivity index is 0.00000200. The minimum Gasteiger partial charge on any atom is -0.351 e. The van der Waals surface area contributed by atoms with Crippen molar-refractivity contribution in [2.45, 2.75) is 77.2 Å². The molecule has 0 aromatic carbocycles. The molecule has 3 nitrogen and oxygen atoms in total. The Morgan fingerprint density at radius 2 is 1.80 bits per heavy atom. The van der Waals surface area contributed by atoms with E-state index in [0.29, 0.717) is 12.5 Å². The van der Waals surface area contributed by atoms with Gasteiger partial charge in [-0.15, -0.1) is 12.4 Å². The highest BCUT2D eigenvalue weighted by Crippen LogP contribution is 2.41. The summed E-state index contributed by atoms with van der Waals surface area (Å²) in [6.45, 7) is 2.75. The van der Waals surface area contributed by atoms with Crippen LogP contribution in [-0.4, -0.2) is 18.5 Å². The Morgan fingerprint density at radius 1 is 1.20 bits per heavy atom. The summed E-state index contributed by atoms with van der Waals surface area (Å²) < 4.78 is 0. The zero-order chi connectivity index (χ0) is 13.7. The summed E-state index contributed by atoms with van der Waals surface area (Å²) in [7, 11) is 0. The van der Waals surface area contributed by atoms with E-state index >= 15 is 0 Å². The van der Waals surface area contributed by atoms with Gasteiger partial charge in [0.1, 0.15) is 0 Å². The minimum absolute atomic E-state index is 0. The zero-order valence-electron chi connectivity index (χ0n) is 12.8. The molecule has 2 aliphatic carbocycles. The molecule has 1 amide bonds. The first-order chi connectivity index (χ1) is 9.22. The fraction of sp³-hybridized carbons (Fsp3) is 0.938. The first-order valence-electron chi connectivity index (χ1n) is 8.23. The van der Waals surface area contributed by atoms with Gasteiger partial charge in [0.05, 0.1) is 0 Å². The molecule has 118 valence electrons. The zero-order valence-corrected chi connectivity index (χ0v) is 13.6. The van der Waals surface area contributed by atoms with Crippen LogP contribution in [0.1, 0.15) is 71.1 Å². The molecule has 1 atom stereocenters. The van der Waals surface area contributed by atoms with Crippen molar-refractivity contribution in [3.8, 4) is 0 Å². The second-order valence-corrected chi connectivity index (χ2v) is 6.55. The number of hydrogen-bond acceptors (Lipinski definition) is 2. The minimum atomic E-state index is -0.0813. The van der Waals surface area contributed by atoms with Gasteiger partial charge in [-0.25, -0.2) is 0 Å². The standard InChI is InChI=1S/C16H30N2O.ClH/c1-2-16(10-6-7-11-16)15(19)18-14(12-17)13-8-4-3-5-9-13;/h13-14H,2-12,17H2,1H3,(H,18,19);1H. The van der Waals surface area contributed by atoms with Crippen molar-refractivity contribution in [3.05, 3.63) is 0 Å². The third kappa shape index (κ3) is 3.88. The molecule has 2 aliphatic rings. The van der Waals surface area contributed by atoms with Gasteiger partial charge in [-0.2, -0.15) is 0 Å². The lowest BCUT2D eigenvalue weighted by Crippen LogP contribution is -2.50. The van der Waals surface area contributed by atoms with Gasteiger partial charge in [-0.3, -0.25) is 4.79 Å². The van der Waals surface area contributed by atoms with E-state index in [0.717, 1.165) is 19.3 Å². The summed E-state index contributed by atoms with van der Waals surface area (Å²) in [5.41, 5.74) is 5.84. The quantitative estimate of drug-likeness (QED) is 0.818. The van der Waals surface area contributed by atoms with Gasteiger partial charge in [0.2, 0.25) is 5.91 Å². The molecule has 0 aromatic heterocycles. The highest BCUT2D eigenvalue weighted by Gasteiger charge is 2.40. The smallest absolute Gasteiger partial charge is 0.226 e. The predicted octanol–water partition coefficient (Wildman–Crippen LogP) is 3.40. The molecule has 1 unspecified atom stereocenters. The van der Waals surface area contributed by atoms with Gasteiger partial charge in [0, 0.05) is 18.0 Å². The van der Waals surface area contributed by atoms with E-state index in [4.69, 9.17) is 5.73 Å². The van der Waals surface area contributed by atoms with E-state index in [1.54, 1.807) is 0 Å². The molecule has 3 N–H and O–H groups in total. The van der Waals surface area contributed by atoms with Crippen molar-refractivity contribution >= 4 is 18.3 Å². The molecular weight excluding hydrogens is 272 g/mol. The molecule has 0 heterocycles. The second-order valence-electron chi connectivity index (χ2n) is 6.55. The van der Waals surface area contributed by atoms with Gasteiger partial charge in [0.15, 0.2) is 0 Å². The number of carbonyl (C=O) groups is 1. The molecule has 0 spiro atoms.